The van der Waals surface area contributed by atoms with Crippen LogP contribution in [0.5, 0.6) is 11.5 Å². The monoisotopic (exact) mass is 385 g/mol. The average Bonchev–Trinajstić information content (AvgIpc) is 3.47. The number of nitrogens with zero attached hydrogens (tertiary/aromatic N) is 3. The van der Waals surface area contributed by atoms with E-state index >= 15 is 0 Å². The van der Waals surface area contributed by atoms with Gasteiger partial charge in [-0.15, -0.1) is 0 Å². The van der Waals surface area contributed by atoms with Crippen LogP contribution in [-0.4, -0.2) is 39.6 Å². The van der Waals surface area contributed by atoms with Crippen molar-refractivity contribution in [2.75, 3.05) is 6.54 Å². The van der Waals surface area contributed by atoms with Crippen LogP contribution in [0.2, 0.25) is 0 Å². The highest BCUT2D eigenvalue weighted by Gasteiger charge is 2.52. The van der Waals surface area contributed by atoms with Gasteiger partial charge in [0.05, 0.1) is 17.8 Å². The lowest BCUT2D eigenvalue weighted by Gasteiger charge is -2.35. The number of carbonyl (C=O) groups excluding carboxylic acids is 1. The number of para-hydroxylation sites is 2. The van der Waals surface area contributed by atoms with E-state index in [2.05, 4.69) is 21.7 Å². The third-order valence-corrected chi connectivity index (χ3v) is 5.68. The van der Waals surface area contributed by atoms with Crippen LogP contribution in [0, 0.1) is 17.4 Å². The van der Waals surface area contributed by atoms with Crippen molar-refractivity contribution in [2.45, 2.75) is 18.5 Å². The zero-order valence-corrected chi connectivity index (χ0v) is 15.6. The molecule has 144 valence electrons. The summed E-state index contributed by atoms with van der Waals surface area (Å²) in [5.41, 5.74) is 1.85. The minimum absolute atomic E-state index is 0.0241. The highest BCUT2D eigenvalue weighted by molar-refractivity contribution is 5.94. The maximum Gasteiger partial charge on any atom is 0.272 e. The predicted octanol–water partition coefficient (Wildman–Crippen LogP) is 3.15. The molecule has 3 aliphatic rings. The fraction of sp³-hybridized carbons (Fsp3) is 0.227. The van der Waals surface area contributed by atoms with Crippen LogP contribution < -0.4 is 10.1 Å². The van der Waals surface area contributed by atoms with Gasteiger partial charge in [0, 0.05) is 18.0 Å². The molecule has 3 atom stereocenters. The number of hydrogen-bond acceptors (Lipinski definition) is 5. The molecule has 1 aromatic heterocycles. The molecule has 7 heteroatoms. The van der Waals surface area contributed by atoms with Crippen molar-refractivity contribution in [3.63, 3.8) is 0 Å². The summed E-state index contributed by atoms with van der Waals surface area (Å²) in [7, 11) is 0. The van der Waals surface area contributed by atoms with Crippen molar-refractivity contribution in [3.05, 3.63) is 66.4 Å². The molecule has 3 aromatic rings. The first-order chi connectivity index (χ1) is 14.2. The van der Waals surface area contributed by atoms with Crippen molar-refractivity contribution in [1.29, 1.82) is 5.26 Å². The van der Waals surface area contributed by atoms with Crippen LogP contribution in [0.1, 0.15) is 16.9 Å². The molecule has 2 N–H and O–H groups in total. The molecule has 2 aliphatic heterocycles. The molecule has 6 rings (SSSR count). The third-order valence-electron chi connectivity index (χ3n) is 5.68. The molecule has 29 heavy (non-hydrogen) atoms. The molecular weight excluding hydrogens is 366 g/mol. The second kappa shape index (κ2) is 6.99. The van der Waals surface area contributed by atoms with Crippen LogP contribution in [0.25, 0.3) is 11.3 Å². The summed E-state index contributed by atoms with van der Waals surface area (Å²) >= 11 is 0. The molecule has 0 radical (unpaired) electrons. The minimum Gasteiger partial charge on any atom is -0.457 e. The van der Waals surface area contributed by atoms with E-state index in [-0.39, 0.29) is 18.0 Å². The van der Waals surface area contributed by atoms with Gasteiger partial charge in [0.1, 0.15) is 11.5 Å². The van der Waals surface area contributed by atoms with E-state index in [4.69, 9.17) is 10.00 Å². The van der Waals surface area contributed by atoms with Gasteiger partial charge in [0.25, 0.3) is 5.91 Å². The highest BCUT2D eigenvalue weighted by atomic mass is 16.5. The largest absolute Gasteiger partial charge is 0.457 e. The number of rotatable bonds is 5. The maximum atomic E-state index is 12.7. The standard InChI is InChI=1S/C22H19N5O2/c23-13-27-12-14-10-19(27)21(14)24-22(28)18-11-17(25-26-18)16-8-4-5-9-20(16)29-15-6-2-1-3-7-15/h1-9,11,14,19,21H,10,12H2,(H,24,28)(H,25,26)/t14-,19-,21?/m0/s1. The number of aromatic amines is 1. The van der Waals surface area contributed by atoms with Crippen LogP contribution in [0.4, 0.5) is 0 Å². The Morgan fingerprint density at radius 3 is 2.79 bits per heavy atom. The summed E-state index contributed by atoms with van der Waals surface area (Å²) in [5.74, 6) is 1.53. The fourth-order valence-corrected chi connectivity index (χ4v) is 4.14. The molecule has 3 heterocycles. The summed E-state index contributed by atoms with van der Waals surface area (Å²) < 4.78 is 6.00. The first kappa shape index (κ1) is 17.3. The van der Waals surface area contributed by atoms with Crippen molar-refractivity contribution >= 4 is 5.91 Å². The van der Waals surface area contributed by atoms with Crippen molar-refractivity contribution in [2.24, 2.45) is 5.92 Å². The summed E-state index contributed by atoms with van der Waals surface area (Å²) in [6.45, 7) is 0.724. The number of carbonyl (C=O) groups is 1. The van der Waals surface area contributed by atoms with E-state index in [1.807, 2.05) is 54.6 Å². The average molecular weight is 385 g/mol. The summed E-state index contributed by atoms with van der Waals surface area (Å²) in [6, 6.07) is 19.0. The Hall–Kier alpha value is -3.79. The highest BCUT2D eigenvalue weighted by Crippen LogP contribution is 2.40. The molecule has 0 spiro atoms. The molecule has 1 unspecified atom stereocenters. The fourth-order valence-electron chi connectivity index (χ4n) is 4.14. The normalized spacial score (nSPS) is 21.9. The summed E-state index contributed by atoms with van der Waals surface area (Å²) in [5, 5.41) is 19.3. The van der Waals surface area contributed by atoms with Gasteiger partial charge in [-0.05, 0) is 36.8 Å². The van der Waals surface area contributed by atoms with E-state index in [1.165, 1.54) is 0 Å². The molecular formula is C22H19N5O2. The maximum absolute atomic E-state index is 12.7. The Morgan fingerprint density at radius 2 is 2.00 bits per heavy atom. The van der Waals surface area contributed by atoms with Crippen molar-refractivity contribution in [1.82, 2.24) is 20.4 Å². The minimum atomic E-state index is -0.228. The molecule has 2 saturated heterocycles. The summed E-state index contributed by atoms with van der Waals surface area (Å²) in [6.07, 6.45) is 3.16. The van der Waals surface area contributed by atoms with Gasteiger partial charge in [-0.25, -0.2) is 0 Å². The predicted molar refractivity (Wildman–Crippen MR) is 106 cm³/mol. The molecule has 7 nitrogen and oxygen atoms in total. The first-order valence-electron chi connectivity index (χ1n) is 9.58. The Morgan fingerprint density at radius 1 is 1.21 bits per heavy atom. The number of ether oxygens (including phenoxy) is 1. The number of nitrogens with one attached hydrogen (secondary N) is 2. The van der Waals surface area contributed by atoms with E-state index in [0.717, 1.165) is 24.3 Å². The van der Waals surface area contributed by atoms with E-state index in [1.54, 1.807) is 11.0 Å². The lowest BCUT2D eigenvalue weighted by Crippen LogP contribution is -2.54. The second-order valence-electron chi connectivity index (χ2n) is 7.39. The number of aromatic nitrogens is 2. The van der Waals surface area contributed by atoms with Gasteiger partial charge in [-0.3, -0.25) is 9.89 Å². The number of hydrogen-bond donors (Lipinski definition) is 2. The lowest BCUT2D eigenvalue weighted by atomic mass is 9.80. The molecule has 2 aromatic carbocycles. The van der Waals surface area contributed by atoms with Gasteiger partial charge >= 0.3 is 0 Å². The van der Waals surface area contributed by atoms with Gasteiger partial charge < -0.3 is 15.0 Å². The number of fused-ring (bicyclic) bond motifs is 1. The van der Waals surface area contributed by atoms with Gasteiger partial charge in [0.15, 0.2) is 11.9 Å². The van der Waals surface area contributed by atoms with Crippen LogP contribution >= 0.6 is 0 Å². The number of H-pyrrole nitrogens is 1. The number of amides is 1. The zero-order valence-electron chi connectivity index (χ0n) is 15.6. The Kier molecular flexibility index (Phi) is 4.17. The number of benzene rings is 2. The zero-order chi connectivity index (χ0) is 19.8. The van der Waals surface area contributed by atoms with Gasteiger partial charge in [-0.1, -0.05) is 30.3 Å². The van der Waals surface area contributed by atoms with Crippen LogP contribution in [0.15, 0.2) is 60.7 Å². The third kappa shape index (κ3) is 3.09. The van der Waals surface area contributed by atoms with Crippen molar-refractivity contribution < 1.29 is 9.53 Å². The second-order valence-corrected chi connectivity index (χ2v) is 7.39. The Bertz CT molecular complexity index is 1090. The summed E-state index contributed by atoms with van der Waals surface area (Å²) in [4.78, 5) is 14.4. The molecule has 1 aliphatic carbocycles. The number of nitriles is 1. The quantitative estimate of drug-likeness (QED) is 0.658. The van der Waals surface area contributed by atoms with Gasteiger partial charge in [0.2, 0.25) is 0 Å². The Labute approximate surface area is 167 Å². The van der Waals surface area contributed by atoms with Crippen molar-refractivity contribution in [3.8, 4) is 28.9 Å². The Balaban J connectivity index is 1.33. The molecule has 1 saturated carbocycles. The van der Waals surface area contributed by atoms with Gasteiger partial charge in [-0.2, -0.15) is 10.4 Å². The SMILES string of the molecule is N#CN1C[C@@H]2C[C@H]1C2NC(=O)c1cc(-c2ccccc2Oc2ccccc2)[nH]n1. The molecule has 2 bridgehead atoms. The van der Waals surface area contributed by atoms with Crippen LogP contribution in [-0.2, 0) is 0 Å². The first-order valence-corrected chi connectivity index (χ1v) is 9.58. The topological polar surface area (TPSA) is 94.0 Å². The van der Waals surface area contributed by atoms with E-state index in [0.29, 0.717) is 23.1 Å². The smallest absolute Gasteiger partial charge is 0.272 e. The van der Waals surface area contributed by atoms with E-state index in [9.17, 15) is 4.79 Å². The molecule has 1 amide bonds. The molecule has 3 fully saturated rings. The van der Waals surface area contributed by atoms with Crippen LogP contribution in [0.3, 0.4) is 0 Å². The lowest BCUT2D eigenvalue weighted by molar-refractivity contribution is 0.0875. The van der Waals surface area contributed by atoms with E-state index < -0.39 is 0 Å².